The Labute approximate surface area is 250 Å². The Morgan fingerprint density at radius 1 is 0.512 bits per heavy atom. The molecule has 8 rings (SSSR count). The van der Waals surface area contributed by atoms with Crippen molar-refractivity contribution < 1.29 is 4.42 Å². The van der Waals surface area contributed by atoms with Crippen LogP contribution in [0, 0.1) is 0 Å². The lowest BCUT2D eigenvalue weighted by Crippen LogP contribution is -2.10. The average Bonchev–Trinajstić information content (AvgIpc) is 3.44. The maximum Gasteiger partial charge on any atom is 0.137 e. The van der Waals surface area contributed by atoms with Crippen molar-refractivity contribution in [2.24, 2.45) is 0 Å². The second-order valence-electron chi connectivity index (χ2n) is 10.9. The van der Waals surface area contributed by atoms with Gasteiger partial charge in [0.25, 0.3) is 0 Å². The summed E-state index contributed by atoms with van der Waals surface area (Å²) in [7, 11) is 0. The third kappa shape index (κ3) is 4.27. The van der Waals surface area contributed by atoms with Crippen molar-refractivity contribution in [2.45, 2.75) is 6.92 Å². The van der Waals surface area contributed by atoms with Crippen molar-refractivity contribution in [3.8, 4) is 0 Å². The summed E-state index contributed by atoms with van der Waals surface area (Å²) in [5.74, 6) is 0. The Morgan fingerprint density at radius 3 is 2.16 bits per heavy atom. The summed E-state index contributed by atoms with van der Waals surface area (Å²) in [4.78, 5) is 2.35. The molecule has 0 N–H and O–H groups in total. The van der Waals surface area contributed by atoms with Crippen LogP contribution in [0.4, 0.5) is 17.1 Å². The van der Waals surface area contributed by atoms with Crippen LogP contribution in [0.5, 0.6) is 0 Å². The minimum Gasteiger partial charge on any atom is -0.456 e. The lowest BCUT2D eigenvalue weighted by molar-refractivity contribution is 0.669. The molecule has 1 heterocycles. The number of hydrogen-bond acceptors (Lipinski definition) is 2. The molecule has 0 amide bonds. The number of fused-ring (bicyclic) bond motifs is 8. The van der Waals surface area contributed by atoms with Crippen LogP contribution < -0.4 is 4.90 Å². The van der Waals surface area contributed by atoms with Crippen molar-refractivity contribution in [3.05, 3.63) is 157 Å². The van der Waals surface area contributed by atoms with Gasteiger partial charge >= 0.3 is 0 Å². The topological polar surface area (TPSA) is 16.4 Å². The average molecular weight is 552 g/mol. The maximum absolute atomic E-state index is 6.44. The van der Waals surface area contributed by atoms with Gasteiger partial charge in [-0.3, -0.25) is 0 Å². The predicted octanol–water partition coefficient (Wildman–Crippen LogP) is 12.1. The first-order valence-corrected chi connectivity index (χ1v) is 14.7. The van der Waals surface area contributed by atoms with Crippen molar-refractivity contribution in [3.63, 3.8) is 0 Å². The van der Waals surface area contributed by atoms with Gasteiger partial charge in [0.2, 0.25) is 0 Å². The molecule has 0 radical (unpaired) electrons. The molecule has 43 heavy (non-hydrogen) atoms. The molecule has 0 fully saturated rings. The van der Waals surface area contributed by atoms with Gasteiger partial charge in [0.15, 0.2) is 0 Å². The van der Waals surface area contributed by atoms with Gasteiger partial charge in [0.05, 0.1) is 11.1 Å². The second-order valence-corrected chi connectivity index (χ2v) is 10.9. The standard InChI is InChI=1S/C41H29NO/c1-2-3-5-11-28-18-24-36-39(26-28)43-38-17-10-16-37(41(36)38)42(32-13-6-4-7-14-32)33-23-25-35-31(27-33)22-21-30-20-19-29-12-8-9-15-34(29)40(30)35/h2-27H,1H3/b3-2-,11-5-. The van der Waals surface area contributed by atoms with Gasteiger partial charge < -0.3 is 9.32 Å². The minimum atomic E-state index is 0.876. The molecule has 0 saturated heterocycles. The number of rotatable bonds is 5. The van der Waals surface area contributed by atoms with Crippen LogP contribution >= 0.6 is 0 Å². The van der Waals surface area contributed by atoms with Crippen molar-refractivity contribution in [2.75, 3.05) is 4.90 Å². The number of benzene rings is 7. The van der Waals surface area contributed by atoms with Crippen LogP contribution in [-0.4, -0.2) is 0 Å². The molecule has 0 atom stereocenters. The molecule has 0 bridgehead atoms. The predicted molar refractivity (Wildman–Crippen MR) is 185 cm³/mol. The van der Waals surface area contributed by atoms with E-state index in [0.717, 1.165) is 44.6 Å². The molecule has 0 aliphatic heterocycles. The Balaban J connectivity index is 1.35. The summed E-state index contributed by atoms with van der Waals surface area (Å²) >= 11 is 0. The molecule has 0 aliphatic carbocycles. The fourth-order valence-electron chi connectivity index (χ4n) is 6.36. The molecule has 204 valence electrons. The minimum absolute atomic E-state index is 0.876. The van der Waals surface area contributed by atoms with E-state index in [1.807, 2.05) is 19.1 Å². The maximum atomic E-state index is 6.44. The molecular formula is C41H29NO. The summed E-state index contributed by atoms with van der Waals surface area (Å²) < 4.78 is 6.44. The van der Waals surface area contributed by atoms with Gasteiger partial charge in [-0.1, -0.05) is 109 Å². The fraction of sp³-hybridized carbons (Fsp3) is 0.0244. The number of allylic oxidation sites excluding steroid dienone is 3. The van der Waals surface area contributed by atoms with Crippen LogP contribution in [0.25, 0.3) is 60.3 Å². The van der Waals surface area contributed by atoms with E-state index < -0.39 is 0 Å². The molecule has 0 aliphatic rings. The number of hydrogen-bond donors (Lipinski definition) is 0. The van der Waals surface area contributed by atoms with Crippen LogP contribution in [-0.2, 0) is 0 Å². The number of anilines is 3. The summed E-state index contributed by atoms with van der Waals surface area (Å²) in [6.07, 6.45) is 8.22. The molecular weight excluding hydrogens is 522 g/mol. The van der Waals surface area contributed by atoms with Crippen LogP contribution in [0.1, 0.15) is 12.5 Å². The lowest BCUT2D eigenvalue weighted by atomic mass is 9.96. The lowest BCUT2D eigenvalue weighted by Gasteiger charge is -2.26. The molecule has 0 unspecified atom stereocenters. The summed E-state index contributed by atoms with van der Waals surface area (Å²) in [6, 6.07) is 47.9. The van der Waals surface area contributed by atoms with E-state index in [1.54, 1.807) is 0 Å². The van der Waals surface area contributed by atoms with Crippen LogP contribution in [0.15, 0.2) is 156 Å². The smallest absolute Gasteiger partial charge is 0.137 e. The van der Waals surface area contributed by atoms with Gasteiger partial charge in [0.1, 0.15) is 11.2 Å². The van der Waals surface area contributed by atoms with E-state index in [0.29, 0.717) is 0 Å². The third-order valence-electron chi connectivity index (χ3n) is 8.31. The summed E-state index contributed by atoms with van der Waals surface area (Å²) in [6.45, 7) is 2.02. The number of para-hydroxylation sites is 1. The van der Waals surface area contributed by atoms with E-state index in [-0.39, 0.29) is 0 Å². The van der Waals surface area contributed by atoms with Gasteiger partial charge in [-0.05, 0) is 93.3 Å². The van der Waals surface area contributed by atoms with Crippen molar-refractivity contribution in [1.82, 2.24) is 0 Å². The van der Waals surface area contributed by atoms with Crippen LogP contribution in [0.2, 0.25) is 0 Å². The first kappa shape index (κ1) is 25.1. The quantitative estimate of drug-likeness (QED) is 0.156. The van der Waals surface area contributed by atoms with Crippen LogP contribution in [0.3, 0.4) is 0 Å². The Hall–Kier alpha value is -5.60. The zero-order chi connectivity index (χ0) is 28.8. The van der Waals surface area contributed by atoms with E-state index in [1.165, 1.54) is 32.3 Å². The van der Waals surface area contributed by atoms with Gasteiger partial charge in [-0.2, -0.15) is 0 Å². The third-order valence-corrected chi connectivity index (χ3v) is 8.31. The molecule has 1 aromatic heterocycles. The fourth-order valence-corrected chi connectivity index (χ4v) is 6.36. The zero-order valence-electron chi connectivity index (χ0n) is 23.9. The van der Waals surface area contributed by atoms with E-state index >= 15 is 0 Å². The SMILES string of the molecule is C/C=C\C=C/c1ccc2c(c1)oc1cccc(N(c3ccccc3)c3ccc4c(ccc5ccc6ccccc6c54)c3)c12. The number of furan rings is 1. The molecule has 8 aromatic rings. The van der Waals surface area contributed by atoms with Crippen molar-refractivity contribution in [1.29, 1.82) is 0 Å². The summed E-state index contributed by atoms with van der Waals surface area (Å²) in [5.41, 5.74) is 6.16. The highest BCUT2D eigenvalue weighted by Gasteiger charge is 2.20. The van der Waals surface area contributed by atoms with E-state index in [4.69, 9.17) is 4.42 Å². The van der Waals surface area contributed by atoms with Gasteiger partial charge in [0, 0.05) is 16.8 Å². The molecule has 0 spiro atoms. The molecule has 7 aromatic carbocycles. The largest absolute Gasteiger partial charge is 0.456 e. The highest BCUT2D eigenvalue weighted by Crippen LogP contribution is 2.44. The highest BCUT2D eigenvalue weighted by molar-refractivity contribution is 6.21. The van der Waals surface area contributed by atoms with E-state index in [2.05, 4.69) is 151 Å². The Morgan fingerprint density at radius 2 is 1.28 bits per heavy atom. The zero-order valence-corrected chi connectivity index (χ0v) is 23.9. The normalized spacial score (nSPS) is 12.1. The number of nitrogens with zero attached hydrogens (tertiary/aromatic N) is 1. The molecule has 2 nitrogen and oxygen atoms in total. The van der Waals surface area contributed by atoms with Gasteiger partial charge in [-0.15, -0.1) is 0 Å². The summed E-state index contributed by atoms with van der Waals surface area (Å²) in [5, 5.41) is 9.79. The second kappa shape index (κ2) is 10.3. The monoisotopic (exact) mass is 551 g/mol. The van der Waals surface area contributed by atoms with Gasteiger partial charge in [-0.25, -0.2) is 0 Å². The Kier molecular flexibility index (Phi) is 6.05. The Bertz CT molecular complexity index is 2360. The molecule has 2 heteroatoms. The first-order chi connectivity index (χ1) is 21.3. The van der Waals surface area contributed by atoms with Crippen molar-refractivity contribution >= 4 is 77.4 Å². The highest BCUT2D eigenvalue weighted by atomic mass is 16.3. The van der Waals surface area contributed by atoms with E-state index in [9.17, 15) is 0 Å². The first-order valence-electron chi connectivity index (χ1n) is 14.7. The molecule has 0 saturated carbocycles.